The van der Waals surface area contributed by atoms with E-state index < -0.39 is 0 Å². The van der Waals surface area contributed by atoms with Crippen LogP contribution in [0.25, 0.3) is 10.8 Å². The second-order valence-electron chi connectivity index (χ2n) is 5.40. The Morgan fingerprint density at radius 2 is 1.81 bits per heavy atom. The second-order valence-corrected chi connectivity index (χ2v) is 6.35. The SMILES string of the molecule is CCc1ccsc1C(NC)c1ccc(C)c2ccccc12. The molecule has 0 spiro atoms. The van der Waals surface area contributed by atoms with Crippen molar-refractivity contribution in [3.63, 3.8) is 0 Å². The first-order chi connectivity index (χ1) is 10.3. The van der Waals surface area contributed by atoms with Crippen LogP contribution in [0.2, 0.25) is 0 Å². The van der Waals surface area contributed by atoms with Crippen molar-refractivity contribution in [1.29, 1.82) is 0 Å². The van der Waals surface area contributed by atoms with E-state index in [9.17, 15) is 0 Å². The molecule has 3 aromatic rings. The highest BCUT2D eigenvalue weighted by atomic mass is 32.1. The van der Waals surface area contributed by atoms with Gasteiger partial charge in [0.15, 0.2) is 0 Å². The summed E-state index contributed by atoms with van der Waals surface area (Å²) in [7, 11) is 2.05. The van der Waals surface area contributed by atoms with Gasteiger partial charge < -0.3 is 5.32 Å². The van der Waals surface area contributed by atoms with E-state index in [2.05, 4.69) is 74.1 Å². The summed E-state index contributed by atoms with van der Waals surface area (Å²) in [6.45, 7) is 4.41. The van der Waals surface area contributed by atoms with Crippen LogP contribution in [0.3, 0.4) is 0 Å². The number of benzene rings is 2. The molecule has 0 amide bonds. The first-order valence-corrected chi connectivity index (χ1v) is 8.36. The lowest BCUT2D eigenvalue weighted by molar-refractivity contribution is 0.702. The Morgan fingerprint density at radius 1 is 1.05 bits per heavy atom. The zero-order valence-corrected chi connectivity index (χ0v) is 13.6. The Labute approximate surface area is 130 Å². The van der Waals surface area contributed by atoms with Gasteiger partial charge in [-0.1, -0.05) is 43.3 Å². The Morgan fingerprint density at radius 3 is 2.52 bits per heavy atom. The highest BCUT2D eigenvalue weighted by molar-refractivity contribution is 7.10. The minimum atomic E-state index is 0.269. The average molecular weight is 295 g/mol. The molecule has 0 saturated carbocycles. The van der Waals surface area contributed by atoms with Gasteiger partial charge in [0.05, 0.1) is 6.04 Å². The largest absolute Gasteiger partial charge is 0.309 e. The average Bonchev–Trinajstić information content (AvgIpc) is 2.99. The van der Waals surface area contributed by atoms with Crippen LogP contribution in [-0.2, 0) is 6.42 Å². The highest BCUT2D eigenvalue weighted by Gasteiger charge is 2.19. The maximum absolute atomic E-state index is 3.52. The first kappa shape index (κ1) is 14.3. The molecule has 21 heavy (non-hydrogen) atoms. The summed E-state index contributed by atoms with van der Waals surface area (Å²) in [6.07, 6.45) is 1.08. The lowest BCUT2D eigenvalue weighted by Gasteiger charge is -2.20. The molecule has 0 fully saturated rings. The van der Waals surface area contributed by atoms with Crippen LogP contribution >= 0.6 is 11.3 Å². The van der Waals surface area contributed by atoms with Crippen LogP contribution in [0.15, 0.2) is 47.8 Å². The number of nitrogens with one attached hydrogen (secondary N) is 1. The van der Waals surface area contributed by atoms with E-state index in [-0.39, 0.29) is 6.04 Å². The fourth-order valence-electron chi connectivity index (χ4n) is 3.05. The van der Waals surface area contributed by atoms with Crippen molar-refractivity contribution in [3.8, 4) is 0 Å². The standard InChI is InChI=1S/C19H21NS/c1-4-14-11-12-21-19(14)18(20-3)17-10-9-13(2)15-7-5-6-8-16(15)17/h5-12,18,20H,4H2,1-3H3. The van der Waals surface area contributed by atoms with Crippen LogP contribution in [0.1, 0.15) is 34.5 Å². The van der Waals surface area contributed by atoms with E-state index in [1.165, 1.54) is 32.3 Å². The van der Waals surface area contributed by atoms with Crippen LogP contribution < -0.4 is 5.32 Å². The summed E-state index contributed by atoms with van der Waals surface area (Å²) in [5.74, 6) is 0. The molecular formula is C19H21NS. The second kappa shape index (κ2) is 6.00. The van der Waals surface area contributed by atoms with E-state index in [4.69, 9.17) is 0 Å². The molecule has 3 rings (SSSR count). The molecule has 2 aromatic carbocycles. The molecule has 0 bridgehead atoms. The van der Waals surface area contributed by atoms with Crippen molar-refractivity contribution in [3.05, 3.63) is 69.4 Å². The van der Waals surface area contributed by atoms with E-state index in [1.807, 2.05) is 11.3 Å². The summed E-state index contributed by atoms with van der Waals surface area (Å²) >= 11 is 1.85. The minimum Gasteiger partial charge on any atom is -0.309 e. The smallest absolute Gasteiger partial charge is 0.0677 e. The third kappa shape index (κ3) is 2.50. The van der Waals surface area contributed by atoms with E-state index in [1.54, 1.807) is 0 Å². The van der Waals surface area contributed by atoms with Gasteiger partial charge in [-0.2, -0.15) is 0 Å². The molecule has 0 aliphatic carbocycles. The third-order valence-corrected chi connectivity index (χ3v) is 5.22. The van der Waals surface area contributed by atoms with Crippen molar-refractivity contribution in [2.45, 2.75) is 26.3 Å². The maximum Gasteiger partial charge on any atom is 0.0677 e. The molecule has 1 N–H and O–H groups in total. The third-order valence-electron chi connectivity index (χ3n) is 4.20. The van der Waals surface area contributed by atoms with Crippen molar-refractivity contribution in [2.75, 3.05) is 7.05 Å². The van der Waals surface area contributed by atoms with Crippen molar-refractivity contribution >= 4 is 22.1 Å². The first-order valence-electron chi connectivity index (χ1n) is 7.48. The summed E-state index contributed by atoms with van der Waals surface area (Å²) in [5.41, 5.74) is 4.16. The number of aryl methyl sites for hydroxylation is 2. The van der Waals surface area contributed by atoms with Gasteiger partial charge in [0.25, 0.3) is 0 Å². The molecule has 0 aliphatic heterocycles. The summed E-state index contributed by atoms with van der Waals surface area (Å²) < 4.78 is 0. The van der Waals surface area contributed by atoms with E-state index in [0.717, 1.165) is 6.42 Å². The molecule has 1 aromatic heterocycles. The van der Waals surface area contributed by atoms with Crippen LogP contribution in [0.4, 0.5) is 0 Å². The van der Waals surface area contributed by atoms with E-state index >= 15 is 0 Å². The zero-order chi connectivity index (χ0) is 14.8. The molecule has 1 nitrogen and oxygen atoms in total. The van der Waals surface area contributed by atoms with Crippen LogP contribution in [0.5, 0.6) is 0 Å². The number of hydrogen-bond acceptors (Lipinski definition) is 2. The van der Waals surface area contributed by atoms with Crippen molar-refractivity contribution in [1.82, 2.24) is 5.32 Å². The number of hydrogen-bond donors (Lipinski definition) is 1. The highest BCUT2D eigenvalue weighted by Crippen LogP contribution is 2.34. The molecule has 108 valence electrons. The number of fused-ring (bicyclic) bond motifs is 1. The monoisotopic (exact) mass is 295 g/mol. The summed E-state index contributed by atoms with van der Waals surface area (Å²) in [5, 5.41) is 8.43. The molecule has 0 radical (unpaired) electrons. The predicted octanol–water partition coefficient (Wildman–Crippen LogP) is 5.08. The molecule has 1 unspecified atom stereocenters. The minimum absolute atomic E-state index is 0.269. The summed E-state index contributed by atoms with van der Waals surface area (Å²) in [6, 6.07) is 15.7. The Bertz CT molecular complexity index is 757. The molecule has 1 atom stereocenters. The lowest BCUT2D eigenvalue weighted by Crippen LogP contribution is -2.18. The number of thiophene rings is 1. The van der Waals surface area contributed by atoms with Gasteiger partial charge in [-0.3, -0.25) is 0 Å². The van der Waals surface area contributed by atoms with Gasteiger partial charge in [-0.15, -0.1) is 11.3 Å². The van der Waals surface area contributed by atoms with Gasteiger partial charge in [0.2, 0.25) is 0 Å². The Balaban J connectivity index is 2.20. The quantitative estimate of drug-likeness (QED) is 0.707. The van der Waals surface area contributed by atoms with Crippen LogP contribution in [0, 0.1) is 6.92 Å². The fraction of sp³-hybridized carbons (Fsp3) is 0.263. The predicted molar refractivity (Wildman–Crippen MR) is 93.3 cm³/mol. The lowest BCUT2D eigenvalue weighted by atomic mass is 9.93. The zero-order valence-electron chi connectivity index (χ0n) is 12.8. The molecule has 1 heterocycles. The van der Waals surface area contributed by atoms with Gasteiger partial charge in [0, 0.05) is 4.88 Å². The van der Waals surface area contributed by atoms with Gasteiger partial charge in [-0.25, -0.2) is 0 Å². The Hall–Kier alpha value is -1.64. The van der Waals surface area contributed by atoms with Gasteiger partial charge >= 0.3 is 0 Å². The van der Waals surface area contributed by atoms with Crippen LogP contribution in [-0.4, -0.2) is 7.05 Å². The van der Waals surface area contributed by atoms with Crippen molar-refractivity contribution < 1.29 is 0 Å². The maximum atomic E-state index is 3.52. The normalized spacial score (nSPS) is 12.7. The molecule has 0 aliphatic rings. The summed E-state index contributed by atoms with van der Waals surface area (Å²) in [4.78, 5) is 1.44. The molecule has 0 saturated heterocycles. The fourth-order valence-corrected chi connectivity index (χ4v) is 4.17. The van der Waals surface area contributed by atoms with E-state index in [0.29, 0.717) is 0 Å². The molecule has 2 heteroatoms. The molecular weight excluding hydrogens is 274 g/mol. The van der Waals surface area contributed by atoms with Gasteiger partial charge in [-0.05, 0) is 59.3 Å². The van der Waals surface area contributed by atoms with Gasteiger partial charge in [0.1, 0.15) is 0 Å². The number of rotatable bonds is 4. The topological polar surface area (TPSA) is 12.0 Å². The Kier molecular flexibility index (Phi) is 4.09. The van der Waals surface area contributed by atoms with Crippen molar-refractivity contribution in [2.24, 2.45) is 0 Å².